The maximum absolute atomic E-state index is 12.2. The second kappa shape index (κ2) is 6.60. The molecular formula is C16H14F3NO3. The average Bonchev–Trinajstić information content (AvgIpc) is 2.45. The molecule has 0 fully saturated rings. The minimum Gasteiger partial charge on any atom is -0.457 e. The molecule has 1 amide bonds. The number of nitrogens with two attached hydrogens (primary N) is 1. The van der Waals surface area contributed by atoms with Crippen molar-refractivity contribution in [2.75, 3.05) is 0 Å². The summed E-state index contributed by atoms with van der Waals surface area (Å²) < 4.78 is 46.0. The number of primary amides is 1. The van der Waals surface area contributed by atoms with Gasteiger partial charge in [0, 0.05) is 6.07 Å². The second-order valence-corrected chi connectivity index (χ2v) is 4.82. The molecule has 7 heteroatoms. The van der Waals surface area contributed by atoms with Crippen LogP contribution >= 0.6 is 0 Å². The quantitative estimate of drug-likeness (QED) is 0.905. The topological polar surface area (TPSA) is 61.6 Å². The van der Waals surface area contributed by atoms with Gasteiger partial charge in [0.05, 0.1) is 5.92 Å². The monoisotopic (exact) mass is 325 g/mol. The van der Waals surface area contributed by atoms with Crippen molar-refractivity contribution in [3.8, 4) is 17.2 Å². The summed E-state index contributed by atoms with van der Waals surface area (Å²) in [5, 5.41) is 0. The Morgan fingerprint density at radius 3 is 2.22 bits per heavy atom. The van der Waals surface area contributed by atoms with Crippen LogP contribution in [0.1, 0.15) is 18.4 Å². The average molecular weight is 325 g/mol. The Hall–Kier alpha value is -2.70. The summed E-state index contributed by atoms with van der Waals surface area (Å²) in [7, 11) is 0. The Bertz CT molecular complexity index is 701. The van der Waals surface area contributed by atoms with Crippen LogP contribution in [0.2, 0.25) is 0 Å². The smallest absolute Gasteiger partial charge is 0.457 e. The lowest BCUT2D eigenvalue weighted by Gasteiger charge is -2.12. The number of carbonyl (C=O) groups is 1. The summed E-state index contributed by atoms with van der Waals surface area (Å²) in [5.74, 6) is -0.812. The van der Waals surface area contributed by atoms with E-state index < -0.39 is 18.2 Å². The largest absolute Gasteiger partial charge is 0.573 e. The molecule has 0 heterocycles. The molecule has 1 atom stereocenters. The number of carbonyl (C=O) groups excluding carboxylic acids is 1. The van der Waals surface area contributed by atoms with Crippen LogP contribution in [0.3, 0.4) is 0 Å². The first-order chi connectivity index (χ1) is 10.7. The Morgan fingerprint density at radius 1 is 1.04 bits per heavy atom. The summed E-state index contributed by atoms with van der Waals surface area (Å²) in [4.78, 5) is 11.2. The lowest BCUT2D eigenvalue weighted by atomic mass is 10.0. The fourth-order valence-electron chi connectivity index (χ4n) is 1.88. The first kappa shape index (κ1) is 16.7. The van der Waals surface area contributed by atoms with Crippen LogP contribution in [0.5, 0.6) is 17.2 Å². The van der Waals surface area contributed by atoms with E-state index in [1.165, 1.54) is 18.2 Å². The molecule has 2 rings (SSSR count). The van der Waals surface area contributed by atoms with E-state index in [0.717, 1.165) is 6.07 Å². The SMILES string of the molecule is CC(C(N)=O)c1cccc(Oc2cccc(OC(F)(F)F)c2)c1. The van der Waals surface area contributed by atoms with Crippen molar-refractivity contribution in [2.24, 2.45) is 5.73 Å². The van der Waals surface area contributed by atoms with Gasteiger partial charge in [-0.3, -0.25) is 4.79 Å². The molecule has 2 aromatic rings. The summed E-state index contributed by atoms with van der Waals surface area (Å²) in [6.07, 6.45) is -4.77. The van der Waals surface area contributed by atoms with Crippen molar-refractivity contribution in [1.29, 1.82) is 0 Å². The molecule has 2 N–H and O–H groups in total. The molecule has 0 saturated heterocycles. The number of hydrogen-bond acceptors (Lipinski definition) is 3. The minimum absolute atomic E-state index is 0.177. The van der Waals surface area contributed by atoms with Crippen LogP contribution in [0.4, 0.5) is 13.2 Å². The maximum atomic E-state index is 12.2. The van der Waals surface area contributed by atoms with Gasteiger partial charge in [0.1, 0.15) is 17.2 Å². The van der Waals surface area contributed by atoms with Crippen LogP contribution in [0.25, 0.3) is 0 Å². The molecule has 0 bridgehead atoms. The number of rotatable bonds is 5. The van der Waals surface area contributed by atoms with E-state index in [2.05, 4.69) is 4.74 Å². The van der Waals surface area contributed by atoms with Crippen molar-refractivity contribution in [3.63, 3.8) is 0 Å². The van der Waals surface area contributed by atoms with Crippen molar-refractivity contribution in [1.82, 2.24) is 0 Å². The van der Waals surface area contributed by atoms with Crippen LogP contribution in [0.15, 0.2) is 48.5 Å². The number of ether oxygens (including phenoxy) is 2. The van der Waals surface area contributed by atoms with E-state index in [9.17, 15) is 18.0 Å². The molecule has 0 aliphatic rings. The normalized spacial score (nSPS) is 12.5. The van der Waals surface area contributed by atoms with Gasteiger partial charge >= 0.3 is 6.36 Å². The molecule has 1 unspecified atom stereocenters. The predicted octanol–water partition coefficient (Wildman–Crippen LogP) is 3.97. The number of alkyl halides is 3. The van der Waals surface area contributed by atoms with Gasteiger partial charge in [0.25, 0.3) is 0 Å². The zero-order valence-corrected chi connectivity index (χ0v) is 12.1. The van der Waals surface area contributed by atoms with E-state index in [1.807, 2.05) is 0 Å². The highest BCUT2D eigenvalue weighted by Crippen LogP contribution is 2.30. The number of amides is 1. The van der Waals surface area contributed by atoms with Gasteiger partial charge in [-0.05, 0) is 36.8 Å². The van der Waals surface area contributed by atoms with Crippen LogP contribution < -0.4 is 15.2 Å². The molecule has 0 radical (unpaired) electrons. The zero-order valence-electron chi connectivity index (χ0n) is 12.1. The van der Waals surface area contributed by atoms with Gasteiger partial charge in [0.2, 0.25) is 5.91 Å². The fraction of sp³-hybridized carbons (Fsp3) is 0.188. The molecule has 0 saturated carbocycles. The second-order valence-electron chi connectivity index (χ2n) is 4.82. The van der Waals surface area contributed by atoms with Crippen molar-refractivity contribution < 1.29 is 27.4 Å². The summed E-state index contributed by atoms with van der Waals surface area (Å²) in [6, 6.07) is 11.8. The highest BCUT2D eigenvalue weighted by atomic mass is 19.4. The van der Waals surface area contributed by atoms with Gasteiger partial charge < -0.3 is 15.2 Å². The predicted molar refractivity (Wildman–Crippen MR) is 77.3 cm³/mol. The number of halogens is 3. The number of hydrogen-bond donors (Lipinski definition) is 1. The molecule has 0 spiro atoms. The Kier molecular flexibility index (Phi) is 4.78. The maximum Gasteiger partial charge on any atom is 0.573 e. The third kappa shape index (κ3) is 4.91. The van der Waals surface area contributed by atoms with Gasteiger partial charge in [-0.2, -0.15) is 0 Å². The van der Waals surface area contributed by atoms with Gasteiger partial charge in [-0.15, -0.1) is 13.2 Å². The van der Waals surface area contributed by atoms with Gasteiger partial charge in [-0.25, -0.2) is 0 Å². The van der Waals surface area contributed by atoms with E-state index in [4.69, 9.17) is 10.5 Å². The van der Waals surface area contributed by atoms with E-state index in [-0.39, 0.29) is 11.5 Å². The van der Waals surface area contributed by atoms with E-state index in [1.54, 1.807) is 31.2 Å². The van der Waals surface area contributed by atoms with Gasteiger partial charge in [0.15, 0.2) is 0 Å². The summed E-state index contributed by atoms with van der Waals surface area (Å²) in [5.41, 5.74) is 5.90. The van der Waals surface area contributed by atoms with Gasteiger partial charge in [-0.1, -0.05) is 18.2 Å². The molecule has 0 aliphatic heterocycles. The van der Waals surface area contributed by atoms with Crippen molar-refractivity contribution in [2.45, 2.75) is 19.2 Å². The lowest BCUT2D eigenvalue weighted by molar-refractivity contribution is -0.274. The van der Waals surface area contributed by atoms with Crippen LogP contribution in [-0.4, -0.2) is 12.3 Å². The molecule has 0 aliphatic carbocycles. The first-order valence-electron chi connectivity index (χ1n) is 6.67. The van der Waals surface area contributed by atoms with Crippen molar-refractivity contribution >= 4 is 5.91 Å². The zero-order chi connectivity index (χ0) is 17.0. The Labute approximate surface area is 130 Å². The van der Waals surface area contributed by atoms with Crippen molar-refractivity contribution in [3.05, 3.63) is 54.1 Å². The molecule has 122 valence electrons. The van der Waals surface area contributed by atoms with Crippen LogP contribution in [0, 0.1) is 0 Å². The molecule has 4 nitrogen and oxygen atoms in total. The fourth-order valence-corrected chi connectivity index (χ4v) is 1.88. The molecular weight excluding hydrogens is 311 g/mol. The van der Waals surface area contributed by atoms with E-state index >= 15 is 0 Å². The molecule has 0 aromatic heterocycles. The highest BCUT2D eigenvalue weighted by Gasteiger charge is 2.31. The minimum atomic E-state index is -4.77. The molecule has 2 aromatic carbocycles. The standard InChI is InChI=1S/C16H14F3NO3/c1-10(15(20)21)11-4-2-5-12(8-11)22-13-6-3-7-14(9-13)23-16(17,18)19/h2-10H,1H3,(H2,20,21). The summed E-state index contributed by atoms with van der Waals surface area (Å²) >= 11 is 0. The Morgan fingerprint density at radius 2 is 1.61 bits per heavy atom. The Balaban J connectivity index is 2.18. The first-order valence-corrected chi connectivity index (χ1v) is 6.67. The molecule has 23 heavy (non-hydrogen) atoms. The third-order valence-corrected chi connectivity index (χ3v) is 3.06. The lowest BCUT2D eigenvalue weighted by Crippen LogP contribution is -2.18. The van der Waals surface area contributed by atoms with E-state index in [0.29, 0.717) is 11.3 Å². The number of benzene rings is 2. The summed E-state index contributed by atoms with van der Waals surface area (Å²) in [6.45, 7) is 1.65. The highest BCUT2D eigenvalue weighted by molar-refractivity contribution is 5.81. The third-order valence-electron chi connectivity index (χ3n) is 3.06. The van der Waals surface area contributed by atoms with Crippen LogP contribution in [-0.2, 0) is 4.79 Å².